The highest BCUT2D eigenvalue weighted by Gasteiger charge is 2.60. The topological polar surface area (TPSA) is 219 Å². The molecule has 0 bridgehead atoms. The van der Waals surface area contributed by atoms with Gasteiger partial charge in [0.25, 0.3) is 0 Å². The number of Topliss-reactive ketones (excluding diaryl/α,β-unsaturated/α-hetero) is 5. The Balaban J connectivity index is 6.65. The number of nitrogens with one attached hydrogen (secondary N) is 3. The molecule has 3 unspecified atom stereocenters. The van der Waals surface area contributed by atoms with Gasteiger partial charge in [0, 0.05) is 0 Å². The summed E-state index contributed by atoms with van der Waals surface area (Å²) in [5, 5.41) is 49.8. The van der Waals surface area contributed by atoms with Crippen molar-refractivity contribution in [3.05, 3.63) is 0 Å². The molecular formula is C23H39N3O10. The third-order valence-electron chi connectivity index (χ3n) is 6.48. The lowest BCUT2D eigenvalue weighted by Crippen LogP contribution is -2.66. The first-order valence-corrected chi connectivity index (χ1v) is 11.5. The lowest BCUT2D eigenvalue weighted by Gasteiger charge is -2.35. The van der Waals surface area contributed by atoms with Crippen LogP contribution in [0, 0.1) is 5.92 Å². The predicted octanol–water partition coefficient (Wildman–Crippen LogP) is -2.63. The van der Waals surface area contributed by atoms with Crippen LogP contribution in [0.25, 0.3) is 0 Å². The molecule has 0 heterocycles. The summed E-state index contributed by atoms with van der Waals surface area (Å²) in [4.78, 5) is 76.3. The highest BCUT2D eigenvalue weighted by atomic mass is 16.4. The lowest BCUT2D eigenvalue weighted by atomic mass is 9.73. The van der Waals surface area contributed by atoms with E-state index in [-0.39, 0.29) is 5.92 Å². The maximum Gasteiger partial charge on any atom is 0.344 e. The molecule has 0 aliphatic carbocycles. The minimum atomic E-state index is -3.60. The van der Waals surface area contributed by atoms with Gasteiger partial charge in [-0.3, -0.25) is 24.0 Å². The fourth-order valence-corrected chi connectivity index (χ4v) is 3.62. The summed E-state index contributed by atoms with van der Waals surface area (Å²) in [6.45, 7) is 4.96. The van der Waals surface area contributed by atoms with Gasteiger partial charge in [-0.05, 0) is 40.9 Å². The van der Waals surface area contributed by atoms with Crippen LogP contribution in [0.3, 0.4) is 0 Å². The molecule has 0 aromatic carbocycles. The summed E-state index contributed by atoms with van der Waals surface area (Å²) in [5.74, 6) is -9.39. The van der Waals surface area contributed by atoms with Gasteiger partial charge in [-0.1, -0.05) is 20.3 Å². The first kappa shape index (κ1) is 33.6. The number of carboxylic acids is 1. The Morgan fingerprint density at radius 2 is 1.36 bits per heavy atom. The number of carbonyl (C=O) groups excluding carboxylic acids is 5. The largest absolute Gasteiger partial charge is 0.479 e. The van der Waals surface area contributed by atoms with Gasteiger partial charge in [0.2, 0.25) is 11.4 Å². The fraction of sp³-hybridized carbons (Fsp3) is 0.739. The van der Waals surface area contributed by atoms with E-state index in [9.17, 15) is 49.2 Å². The Morgan fingerprint density at radius 3 is 1.75 bits per heavy atom. The van der Waals surface area contributed by atoms with Crippen molar-refractivity contribution in [3.63, 3.8) is 0 Å². The van der Waals surface area contributed by atoms with Gasteiger partial charge in [-0.25, -0.2) is 4.79 Å². The molecule has 0 amide bonds. The van der Waals surface area contributed by atoms with E-state index in [1.165, 1.54) is 28.1 Å². The van der Waals surface area contributed by atoms with Gasteiger partial charge < -0.3 is 36.4 Å². The number of ketones is 5. The second kappa shape index (κ2) is 13.2. The maximum absolute atomic E-state index is 13.4. The molecule has 0 saturated heterocycles. The van der Waals surface area contributed by atoms with E-state index in [0.717, 1.165) is 6.92 Å². The zero-order valence-electron chi connectivity index (χ0n) is 21.8. The van der Waals surface area contributed by atoms with Gasteiger partial charge in [0.15, 0.2) is 34.3 Å². The van der Waals surface area contributed by atoms with Crippen molar-refractivity contribution in [1.29, 1.82) is 0 Å². The normalized spacial score (nSPS) is 19.1. The smallest absolute Gasteiger partial charge is 0.344 e. The molecule has 0 aliphatic heterocycles. The zero-order chi connectivity index (χ0) is 28.6. The third-order valence-corrected chi connectivity index (χ3v) is 6.48. The first-order chi connectivity index (χ1) is 16.4. The number of carboxylic acid groups (broad SMARTS) is 1. The molecule has 36 heavy (non-hydrogen) atoms. The van der Waals surface area contributed by atoms with E-state index in [2.05, 4.69) is 16.0 Å². The molecule has 7 N–H and O–H groups in total. The number of rotatable bonds is 18. The summed E-state index contributed by atoms with van der Waals surface area (Å²) in [7, 11) is 4.06. The molecule has 0 spiro atoms. The van der Waals surface area contributed by atoms with Gasteiger partial charge in [0.05, 0.1) is 31.5 Å². The zero-order valence-corrected chi connectivity index (χ0v) is 21.8. The van der Waals surface area contributed by atoms with Gasteiger partial charge >= 0.3 is 5.97 Å². The number of hydrogen-bond acceptors (Lipinski definition) is 12. The van der Waals surface area contributed by atoms with Crippen LogP contribution in [0.2, 0.25) is 0 Å². The summed E-state index contributed by atoms with van der Waals surface area (Å²) in [6, 6.07) is -2.29. The maximum atomic E-state index is 13.4. The van der Waals surface area contributed by atoms with Crippen LogP contribution in [-0.2, 0) is 28.8 Å². The van der Waals surface area contributed by atoms with Crippen molar-refractivity contribution in [3.8, 4) is 0 Å². The van der Waals surface area contributed by atoms with Crippen LogP contribution in [0.4, 0.5) is 0 Å². The highest BCUT2D eigenvalue weighted by molar-refractivity contribution is 6.25. The van der Waals surface area contributed by atoms with E-state index >= 15 is 0 Å². The second-order valence-corrected chi connectivity index (χ2v) is 9.15. The average Bonchev–Trinajstić information content (AvgIpc) is 2.82. The SMILES string of the molecule is CC[C@@H](C)[C@H](NC)C(=O)CC(O)(C(=O)O)C(=O)C(O)(CC(=O)C(C)(O)C(=O)CNC)C(=O)[C@H](C)NC. The number of aliphatic hydroxyl groups is 3. The summed E-state index contributed by atoms with van der Waals surface area (Å²) in [6.07, 6.45) is -2.35. The second-order valence-electron chi connectivity index (χ2n) is 9.15. The van der Waals surface area contributed by atoms with Crippen LogP contribution >= 0.6 is 0 Å². The van der Waals surface area contributed by atoms with Crippen molar-refractivity contribution in [2.24, 2.45) is 5.92 Å². The van der Waals surface area contributed by atoms with Gasteiger partial charge in [0.1, 0.15) is 0 Å². The summed E-state index contributed by atoms with van der Waals surface area (Å²) < 4.78 is 0. The molecule has 0 aromatic rings. The minimum absolute atomic E-state index is 0.324. The monoisotopic (exact) mass is 517 g/mol. The lowest BCUT2D eigenvalue weighted by molar-refractivity contribution is -0.181. The van der Waals surface area contributed by atoms with Crippen LogP contribution in [0.1, 0.15) is 47.0 Å². The standard InChI is InChI=1S/C23H39N3O10/c1-8-12(2)17(26-7)14(27)9-23(36,20(32)33)19(31)22(35,18(30)13(3)25-6)10-15(28)21(4,34)16(29)11-24-5/h12-13,17,24-26,34-36H,8-11H2,1-7H3,(H,32,33)/t12-,13+,17+,21?,22?,23?/m1/s1. The fourth-order valence-electron chi connectivity index (χ4n) is 3.62. The minimum Gasteiger partial charge on any atom is -0.479 e. The molecule has 13 nitrogen and oxygen atoms in total. The van der Waals surface area contributed by atoms with Crippen LogP contribution in [-0.4, -0.2) is 112 Å². The molecule has 0 aromatic heterocycles. The Morgan fingerprint density at radius 1 is 0.833 bits per heavy atom. The molecule has 0 fully saturated rings. The molecular weight excluding hydrogens is 478 g/mol. The number of aliphatic carboxylic acids is 1. The van der Waals surface area contributed by atoms with Crippen LogP contribution in [0.5, 0.6) is 0 Å². The Labute approximate surface area is 210 Å². The Kier molecular flexibility index (Phi) is 12.3. The first-order valence-electron chi connectivity index (χ1n) is 11.5. The average molecular weight is 518 g/mol. The van der Waals surface area contributed by atoms with Crippen LogP contribution < -0.4 is 16.0 Å². The van der Waals surface area contributed by atoms with E-state index < -0.39 is 83.2 Å². The van der Waals surface area contributed by atoms with Crippen molar-refractivity contribution in [1.82, 2.24) is 16.0 Å². The number of likely N-dealkylation sites (N-methyl/N-ethyl adjacent to an activating group) is 3. The van der Waals surface area contributed by atoms with Crippen molar-refractivity contribution < 1.29 is 49.2 Å². The van der Waals surface area contributed by atoms with E-state index in [4.69, 9.17) is 0 Å². The van der Waals surface area contributed by atoms with Crippen LogP contribution in [0.15, 0.2) is 0 Å². The third kappa shape index (κ3) is 7.08. The van der Waals surface area contributed by atoms with Crippen molar-refractivity contribution >= 4 is 34.9 Å². The van der Waals surface area contributed by atoms with Gasteiger partial charge in [-0.2, -0.15) is 0 Å². The predicted molar refractivity (Wildman–Crippen MR) is 127 cm³/mol. The Bertz CT molecular complexity index is 874. The van der Waals surface area contributed by atoms with Gasteiger partial charge in [-0.15, -0.1) is 0 Å². The van der Waals surface area contributed by atoms with E-state index in [0.29, 0.717) is 6.42 Å². The van der Waals surface area contributed by atoms with E-state index in [1.54, 1.807) is 13.8 Å². The molecule has 6 atom stereocenters. The molecule has 0 aliphatic rings. The molecule has 0 rings (SSSR count). The molecule has 0 saturated carbocycles. The Hall–Kier alpha value is -2.42. The van der Waals surface area contributed by atoms with Crippen molar-refractivity contribution in [2.45, 2.75) is 75.8 Å². The summed E-state index contributed by atoms with van der Waals surface area (Å²) in [5.41, 5.74) is -9.85. The molecule has 13 heteroatoms. The number of hydrogen-bond donors (Lipinski definition) is 7. The number of carbonyl (C=O) groups is 6. The highest BCUT2D eigenvalue weighted by Crippen LogP contribution is 2.29. The molecule has 206 valence electrons. The quantitative estimate of drug-likeness (QED) is 0.0926. The molecule has 0 radical (unpaired) electrons. The van der Waals surface area contributed by atoms with Crippen molar-refractivity contribution in [2.75, 3.05) is 27.7 Å². The van der Waals surface area contributed by atoms with E-state index in [1.807, 2.05) is 0 Å². The summed E-state index contributed by atoms with van der Waals surface area (Å²) >= 11 is 0.